The molecule has 1 atom stereocenters. The molecule has 0 spiro atoms. The Morgan fingerprint density at radius 1 is 1.41 bits per heavy atom. The monoisotopic (exact) mass is 235 g/mol. The van der Waals surface area contributed by atoms with Crippen molar-refractivity contribution in [3.63, 3.8) is 0 Å². The molecular weight excluding hydrogens is 214 g/mol. The number of benzene rings is 1. The highest BCUT2D eigenvalue weighted by atomic mass is 16.2. The van der Waals surface area contributed by atoms with Gasteiger partial charge in [0, 0.05) is 13.1 Å². The number of amides is 1. The summed E-state index contributed by atoms with van der Waals surface area (Å²) >= 11 is 0. The number of hydrogen-bond acceptors (Lipinski definition) is 3. The Balaban J connectivity index is 2.38. The van der Waals surface area contributed by atoms with Gasteiger partial charge >= 0.3 is 0 Å². The van der Waals surface area contributed by atoms with Gasteiger partial charge in [-0.05, 0) is 19.2 Å². The van der Waals surface area contributed by atoms with E-state index in [0.29, 0.717) is 6.54 Å². The lowest BCUT2D eigenvalue weighted by atomic mass is 10.1. The van der Waals surface area contributed by atoms with Gasteiger partial charge in [-0.25, -0.2) is 0 Å². The summed E-state index contributed by atoms with van der Waals surface area (Å²) in [5.41, 5.74) is 6.70. The van der Waals surface area contributed by atoms with E-state index in [1.807, 2.05) is 37.4 Å². The third kappa shape index (κ3) is 4.54. The Morgan fingerprint density at radius 2 is 2.06 bits per heavy atom. The second-order valence-electron chi connectivity index (χ2n) is 4.08. The van der Waals surface area contributed by atoms with Crippen LogP contribution >= 0.6 is 0 Å². The first-order valence-electron chi connectivity index (χ1n) is 5.92. The Hall–Kier alpha value is -1.39. The van der Waals surface area contributed by atoms with Crippen LogP contribution in [0.5, 0.6) is 0 Å². The highest BCUT2D eigenvalue weighted by Gasteiger charge is 2.14. The van der Waals surface area contributed by atoms with Gasteiger partial charge in [0.25, 0.3) is 0 Å². The Kier molecular flexibility index (Phi) is 5.66. The van der Waals surface area contributed by atoms with Gasteiger partial charge in [0.1, 0.15) is 6.04 Å². The molecule has 4 nitrogen and oxygen atoms in total. The van der Waals surface area contributed by atoms with E-state index in [4.69, 9.17) is 5.73 Å². The largest absolute Gasteiger partial charge is 0.353 e. The average molecular weight is 235 g/mol. The van der Waals surface area contributed by atoms with Gasteiger partial charge in [0.2, 0.25) is 5.91 Å². The lowest BCUT2D eigenvalue weighted by Gasteiger charge is -2.16. The summed E-state index contributed by atoms with van der Waals surface area (Å²) in [5.74, 6) is -0.124. The van der Waals surface area contributed by atoms with Crippen LogP contribution in [0.1, 0.15) is 18.5 Å². The predicted octanol–water partition coefficient (Wildman–Crippen LogP) is 0.754. The van der Waals surface area contributed by atoms with Crippen LogP contribution in [0.4, 0.5) is 0 Å². The molecule has 0 saturated carbocycles. The highest BCUT2D eigenvalue weighted by Crippen LogP contribution is 2.08. The van der Waals surface area contributed by atoms with E-state index < -0.39 is 6.04 Å². The third-order valence-electron chi connectivity index (χ3n) is 2.77. The third-order valence-corrected chi connectivity index (χ3v) is 2.77. The molecule has 0 fully saturated rings. The van der Waals surface area contributed by atoms with Crippen molar-refractivity contribution in [2.75, 3.05) is 26.7 Å². The number of carbonyl (C=O) groups is 1. The fourth-order valence-corrected chi connectivity index (χ4v) is 1.45. The topological polar surface area (TPSA) is 58.4 Å². The van der Waals surface area contributed by atoms with Gasteiger partial charge in [-0.2, -0.15) is 0 Å². The molecule has 1 aromatic carbocycles. The molecule has 0 aliphatic rings. The van der Waals surface area contributed by atoms with Crippen LogP contribution in [0, 0.1) is 0 Å². The van der Waals surface area contributed by atoms with Gasteiger partial charge in [0.05, 0.1) is 0 Å². The first kappa shape index (κ1) is 13.7. The minimum absolute atomic E-state index is 0.124. The number of rotatable bonds is 6. The van der Waals surface area contributed by atoms with Crippen molar-refractivity contribution in [3.05, 3.63) is 35.9 Å². The number of hydrogen-bond donors (Lipinski definition) is 2. The van der Waals surface area contributed by atoms with Crippen LogP contribution in [0.3, 0.4) is 0 Å². The van der Waals surface area contributed by atoms with E-state index in [1.54, 1.807) is 0 Å². The second kappa shape index (κ2) is 7.04. The Labute approximate surface area is 103 Å². The lowest BCUT2D eigenvalue weighted by Crippen LogP contribution is -2.38. The molecule has 0 aliphatic heterocycles. The zero-order valence-electron chi connectivity index (χ0n) is 10.5. The van der Waals surface area contributed by atoms with Crippen molar-refractivity contribution in [2.45, 2.75) is 13.0 Å². The predicted molar refractivity (Wildman–Crippen MR) is 69.6 cm³/mol. The van der Waals surface area contributed by atoms with E-state index in [0.717, 1.165) is 18.7 Å². The lowest BCUT2D eigenvalue weighted by molar-refractivity contribution is -0.122. The molecule has 17 heavy (non-hydrogen) atoms. The van der Waals surface area contributed by atoms with Gasteiger partial charge in [-0.3, -0.25) is 4.79 Å². The van der Waals surface area contributed by atoms with E-state index in [2.05, 4.69) is 17.1 Å². The van der Waals surface area contributed by atoms with E-state index >= 15 is 0 Å². The number of carbonyl (C=O) groups excluding carboxylic acids is 1. The molecule has 94 valence electrons. The molecule has 0 bridgehead atoms. The molecule has 4 heteroatoms. The maximum atomic E-state index is 11.8. The van der Waals surface area contributed by atoms with Crippen molar-refractivity contribution in [1.29, 1.82) is 0 Å². The SMILES string of the molecule is CCN(C)CCNC(=O)[C@@H](N)c1ccccc1. The zero-order chi connectivity index (χ0) is 12.7. The molecule has 3 N–H and O–H groups in total. The Bertz CT molecular complexity index is 340. The van der Waals surface area contributed by atoms with Crippen LogP contribution in [0.25, 0.3) is 0 Å². The number of nitrogens with one attached hydrogen (secondary N) is 1. The van der Waals surface area contributed by atoms with Crippen LogP contribution < -0.4 is 11.1 Å². The normalized spacial score (nSPS) is 12.5. The van der Waals surface area contributed by atoms with Crippen molar-refractivity contribution < 1.29 is 4.79 Å². The van der Waals surface area contributed by atoms with Crippen LogP contribution in [0.2, 0.25) is 0 Å². The Morgan fingerprint density at radius 3 is 2.65 bits per heavy atom. The van der Waals surface area contributed by atoms with E-state index in [1.165, 1.54) is 0 Å². The van der Waals surface area contributed by atoms with Gasteiger partial charge < -0.3 is 16.0 Å². The molecule has 0 aliphatic carbocycles. The molecule has 1 aromatic rings. The first-order valence-corrected chi connectivity index (χ1v) is 5.92. The summed E-state index contributed by atoms with van der Waals surface area (Å²) in [5, 5.41) is 2.84. The fourth-order valence-electron chi connectivity index (χ4n) is 1.45. The molecule has 0 aromatic heterocycles. The first-order chi connectivity index (χ1) is 8.15. The molecule has 1 rings (SSSR count). The molecule has 0 saturated heterocycles. The smallest absolute Gasteiger partial charge is 0.241 e. The van der Waals surface area contributed by atoms with Gasteiger partial charge in [-0.1, -0.05) is 37.3 Å². The van der Waals surface area contributed by atoms with Crippen molar-refractivity contribution in [1.82, 2.24) is 10.2 Å². The van der Waals surface area contributed by atoms with E-state index in [9.17, 15) is 4.79 Å². The maximum absolute atomic E-state index is 11.8. The quantitative estimate of drug-likeness (QED) is 0.765. The van der Waals surface area contributed by atoms with Gasteiger partial charge in [0.15, 0.2) is 0 Å². The van der Waals surface area contributed by atoms with Crippen molar-refractivity contribution in [3.8, 4) is 0 Å². The van der Waals surface area contributed by atoms with Crippen LogP contribution in [-0.2, 0) is 4.79 Å². The van der Waals surface area contributed by atoms with Crippen molar-refractivity contribution in [2.24, 2.45) is 5.73 Å². The summed E-state index contributed by atoms with van der Waals surface area (Å²) in [4.78, 5) is 13.9. The molecule has 1 amide bonds. The van der Waals surface area contributed by atoms with Gasteiger partial charge in [-0.15, -0.1) is 0 Å². The molecule has 0 radical (unpaired) electrons. The minimum atomic E-state index is -0.580. The van der Waals surface area contributed by atoms with E-state index in [-0.39, 0.29) is 5.91 Å². The summed E-state index contributed by atoms with van der Waals surface area (Å²) < 4.78 is 0. The number of nitrogens with two attached hydrogens (primary N) is 1. The molecule has 0 heterocycles. The summed E-state index contributed by atoms with van der Waals surface area (Å²) in [6, 6.07) is 8.82. The number of nitrogens with zero attached hydrogens (tertiary/aromatic N) is 1. The maximum Gasteiger partial charge on any atom is 0.241 e. The van der Waals surface area contributed by atoms with Crippen molar-refractivity contribution >= 4 is 5.91 Å². The highest BCUT2D eigenvalue weighted by molar-refractivity contribution is 5.82. The van der Waals surface area contributed by atoms with Crippen LogP contribution in [-0.4, -0.2) is 37.5 Å². The minimum Gasteiger partial charge on any atom is -0.353 e. The zero-order valence-corrected chi connectivity index (χ0v) is 10.5. The molecular formula is C13H21N3O. The summed E-state index contributed by atoms with van der Waals surface area (Å²) in [6.07, 6.45) is 0. The average Bonchev–Trinajstić information content (AvgIpc) is 2.38. The fraction of sp³-hybridized carbons (Fsp3) is 0.462. The van der Waals surface area contributed by atoms with Crippen LogP contribution in [0.15, 0.2) is 30.3 Å². The molecule has 0 unspecified atom stereocenters. The summed E-state index contributed by atoms with van der Waals surface area (Å²) in [7, 11) is 2.02. The second-order valence-corrected chi connectivity index (χ2v) is 4.08. The standard InChI is InChI=1S/C13H21N3O/c1-3-16(2)10-9-15-13(17)12(14)11-7-5-4-6-8-11/h4-8,12H,3,9-10,14H2,1-2H3,(H,15,17)/t12-/m0/s1. The number of likely N-dealkylation sites (N-methyl/N-ethyl adjacent to an activating group) is 1. The summed E-state index contributed by atoms with van der Waals surface area (Å²) in [6.45, 7) is 4.52.